The predicted octanol–water partition coefficient (Wildman–Crippen LogP) is 3.09. The molecule has 3 aromatic heterocycles. The van der Waals surface area contributed by atoms with Crippen molar-refractivity contribution in [1.29, 1.82) is 0 Å². The predicted molar refractivity (Wildman–Crippen MR) is 150 cm³/mol. The van der Waals surface area contributed by atoms with Crippen LogP contribution in [0.25, 0.3) is 16.6 Å². The molecule has 0 saturated carbocycles. The average molecular weight is 589 g/mol. The van der Waals surface area contributed by atoms with Crippen LogP contribution in [-0.2, 0) is 11.8 Å². The highest BCUT2D eigenvalue weighted by Gasteiger charge is 2.38. The molecule has 0 aliphatic carbocycles. The molecule has 0 bridgehead atoms. The summed E-state index contributed by atoms with van der Waals surface area (Å²) in [6.45, 7) is 6.85. The van der Waals surface area contributed by atoms with E-state index in [9.17, 15) is 22.8 Å². The van der Waals surface area contributed by atoms with Crippen molar-refractivity contribution >= 4 is 45.7 Å². The van der Waals surface area contributed by atoms with Crippen LogP contribution in [0.1, 0.15) is 46.2 Å². The first-order valence-corrected chi connectivity index (χ1v) is 13.1. The van der Waals surface area contributed by atoms with Gasteiger partial charge in [0.15, 0.2) is 0 Å². The van der Waals surface area contributed by atoms with Crippen LogP contribution >= 0.6 is 0 Å². The van der Waals surface area contributed by atoms with Crippen LogP contribution in [0.15, 0.2) is 36.8 Å². The number of benzene rings is 1. The van der Waals surface area contributed by atoms with Crippen LogP contribution in [0.4, 0.5) is 24.5 Å². The zero-order valence-corrected chi connectivity index (χ0v) is 23.2. The first kappa shape index (κ1) is 30.3. The van der Waals surface area contributed by atoms with Crippen molar-refractivity contribution in [3.8, 4) is 0 Å². The number of carboxylic acids is 1. The number of halogens is 3. The lowest BCUT2D eigenvalue weighted by molar-refractivity contribution is -0.192. The Morgan fingerprint density at radius 2 is 1.79 bits per heavy atom. The van der Waals surface area contributed by atoms with Crippen LogP contribution in [0.2, 0.25) is 0 Å². The topological polar surface area (TPSA) is 160 Å². The molecule has 1 aliphatic heterocycles. The van der Waals surface area contributed by atoms with E-state index in [4.69, 9.17) is 15.6 Å². The van der Waals surface area contributed by atoms with E-state index >= 15 is 0 Å². The van der Waals surface area contributed by atoms with Crippen molar-refractivity contribution < 1.29 is 32.7 Å². The summed E-state index contributed by atoms with van der Waals surface area (Å²) in [6.07, 6.45) is 2.54. The van der Waals surface area contributed by atoms with Crippen molar-refractivity contribution in [3.63, 3.8) is 0 Å². The van der Waals surface area contributed by atoms with E-state index in [1.807, 2.05) is 32.3 Å². The third-order valence-corrected chi connectivity index (χ3v) is 6.78. The number of nitrogens with zero attached hydrogens (tertiary/aromatic N) is 5. The lowest BCUT2D eigenvalue weighted by Crippen LogP contribution is -2.42. The molecule has 4 aromatic rings. The molecule has 0 unspecified atom stereocenters. The van der Waals surface area contributed by atoms with Crippen molar-refractivity contribution in [2.45, 2.75) is 38.9 Å². The van der Waals surface area contributed by atoms with Crippen LogP contribution < -0.4 is 21.3 Å². The number of piperidine rings is 1. The van der Waals surface area contributed by atoms with Gasteiger partial charge in [0.2, 0.25) is 0 Å². The van der Waals surface area contributed by atoms with Gasteiger partial charge in [0.05, 0.1) is 22.5 Å². The van der Waals surface area contributed by atoms with Gasteiger partial charge in [-0.1, -0.05) is 6.92 Å². The fourth-order valence-electron chi connectivity index (χ4n) is 4.95. The molecule has 15 heteroatoms. The number of amides is 2. The number of aryl methyl sites for hydroxylation is 2. The third-order valence-electron chi connectivity index (χ3n) is 6.78. The highest BCUT2D eigenvalue weighted by atomic mass is 19.4. The summed E-state index contributed by atoms with van der Waals surface area (Å²) in [4.78, 5) is 40.9. The van der Waals surface area contributed by atoms with Gasteiger partial charge >= 0.3 is 12.1 Å². The van der Waals surface area contributed by atoms with Crippen molar-refractivity contribution in [2.75, 3.05) is 29.9 Å². The fraction of sp³-hybridized carbons (Fsp3) is 0.370. The van der Waals surface area contributed by atoms with Crippen molar-refractivity contribution in [2.24, 2.45) is 12.8 Å². The maximum Gasteiger partial charge on any atom is 0.490 e. The summed E-state index contributed by atoms with van der Waals surface area (Å²) < 4.78 is 35.2. The highest BCUT2D eigenvalue weighted by Crippen LogP contribution is 2.31. The second-order valence-electron chi connectivity index (χ2n) is 9.89. The van der Waals surface area contributed by atoms with E-state index in [0.717, 1.165) is 49.2 Å². The molecule has 1 aromatic carbocycles. The minimum absolute atomic E-state index is 0.246. The maximum absolute atomic E-state index is 13.3. The molecular weight excluding hydrogens is 557 g/mol. The van der Waals surface area contributed by atoms with Gasteiger partial charge in [-0.2, -0.15) is 18.3 Å². The number of aliphatic carboxylic acids is 1. The van der Waals surface area contributed by atoms with Crippen LogP contribution in [-0.4, -0.2) is 73.9 Å². The number of nitrogens with two attached hydrogens (primary N) is 1. The number of pyridine rings is 1. The monoisotopic (exact) mass is 588 g/mol. The molecule has 4 heterocycles. The number of nitrogens with one attached hydrogen (secondary N) is 2. The number of rotatable bonds is 6. The summed E-state index contributed by atoms with van der Waals surface area (Å²) >= 11 is 0. The van der Waals surface area contributed by atoms with E-state index in [1.165, 1.54) is 0 Å². The van der Waals surface area contributed by atoms with Gasteiger partial charge in [-0.25, -0.2) is 9.78 Å². The van der Waals surface area contributed by atoms with Gasteiger partial charge in [-0.05, 0) is 44.5 Å². The number of alkyl halides is 3. The summed E-state index contributed by atoms with van der Waals surface area (Å²) in [7, 11) is 1.86. The van der Waals surface area contributed by atoms with Gasteiger partial charge in [-0.3, -0.25) is 14.3 Å². The Bertz CT molecular complexity index is 1640. The van der Waals surface area contributed by atoms with E-state index in [-0.39, 0.29) is 11.5 Å². The zero-order valence-electron chi connectivity index (χ0n) is 23.2. The number of hydrogen-bond donors (Lipinski definition) is 4. The Morgan fingerprint density at radius 1 is 1.12 bits per heavy atom. The van der Waals surface area contributed by atoms with Gasteiger partial charge in [-0.15, -0.1) is 0 Å². The normalized spacial score (nSPS) is 14.1. The second kappa shape index (κ2) is 12.1. The fourth-order valence-corrected chi connectivity index (χ4v) is 4.95. The smallest absolute Gasteiger partial charge is 0.475 e. The molecule has 5 N–H and O–H groups in total. The zero-order chi connectivity index (χ0) is 30.8. The minimum Gasteiger partial charge on any atom is -0.475 e. The second-order valence-corrected chi connectivity index (χ2v) is 9.89. The summed E-state index contributed by atoms with van der Waals surface area (Å²) in [5, 5.41) is 19.1. The average Bonchev–Trinajstić information content (AvgIpc) is 3.49. The summed E-state index contributed by atoms with van der Waals surface area (Å²) in [5.74, 6) is -3.67. The van der Waals surface area contributed by atoms with Crippen LogP contribution in [0, 0.1) is 6.92 Å². The molecule has 0 atom stereocenters. The summed E-state index contributed by atoms with van der Waals surface area (Å²) in [6, 6.07) is 5.93. The van der Waals surface area contributed by atoms with Crippen LogP contribution in [0.5, 0.6) is 0 Å². The van der Waals surface area contributed by atoms with E-state index in [1.54, 1.807) is 27.5 Å². The molecule has 2 amide bonds. The SMILES string of the molecule is CCNC1CCN(c2ccc(C(=O)Nc3cc(C(N)=O)c4nc(C)cn4c3)c3nn(C)cc23)CC1.O=C(O)C(F)(F)F. The Labute approximate surface area is 238 Å². The van der Waals surface area contributed by atoms with Gasteiger partial charge in [0.25, 0.3) is 11.8 Å². The molecule has 1 aliphatic rings. The quantitative estimate of drug-likeness (QED) is 0.267. The number of aromatic nitrogens is 4. The first-order valence-electron chi connectivity index (χ1n) is 13.1. The number of carboxylic acid groups (broad SMARTS) is 1. The van der Waals surface area contributed by atoms with E-state index in [0.29, 0.717) is 28.5 Å². The lowest BCUT2D eigenvalue weighted by Gasteiger charge is -2.34. The van der Waals surface area contributed by atoms with Gasteiger partial charge in [0.1, 0.15) is 11.2 Å². The molecule has 42 heavy (non-hydrogen) atoms. The van der Waals surface area contributed by atoms with E-state index < -0.39 is 18.1 Å². The Hall–Kier alpha value is -4.66. The third kappa shape index (κ3) is 6.62. The number of carbonyl (C=O) groups excluding carboxylic acids is 2. The number of fused-ring (bicyclic) bond motifs is 2. The number of imidazole rings is 1. The molecule has 1 fully saturated rings. The number of anilines is 2. The maximum atomic E-state index is 13.3. The van der Waals surface area contributed by atoms with Crippen molar-refractivity contribution in [1.82, 2.24) is 24.5 Å². The minimum atomic E-state index is -5.08. The number of hydrogen-bond acceptors (Lipinski definition) is 7. The van der Waals surface area contributed by atoms with Crippen molar-refractivity contribution in [3.05, 3.63) is 53.6 Å². The van der Waals surface area contributed by atoms with Crippen LogP contribution in [0.3, 0.4) is 0 Å². The number of primary amides is 1. The summed E-state index contributed by atoms with van der Waals surface area (Å²) in [5.41, 5.74) is 9.67. The first-order chi connectivity index (χ1) is 19.8. The Morgan fingerprint density at radius 3 is 2.38 bits per heavy atom. The number of carbonyl (C=O) groups is 3. The molecule has 12 nitrogen and oxygen atoms in total. The highest BCUT2D eigenvalue weighted by molar-refractivity contribution is 6.14. The Kier molecular flexibility index (Phi) is 8.70. The Balaban J connectivity index is 0.000000517. The molecule has 224 valence electrons. The molecule has 1 saturated heterocycles. The van der Waals surface area contributed by atoms with E-state index in [2.05, 4.69) is 32.5 Å². The van der Waals surface area contributed by atoms with Gasteiger partial charge in [0, 0.05) is 55.8 Å². The molecule has 0 spiro atoms. The lowest BCUT2D eigenvalue weighted by atomic mass is 10.0. The molecular formula is C27H31F3N8O4. The standard InChI is InChI=1S/C25H30N8O2.C2HF3O2/c1-4-27-16-7-9-32(10-8-16)21-6-5-18(22-20(21)14-31(3)30-22)25(35)29-17-11-19(23(26)34)24-28-15(2)12-33(24)13-17;3-2(4,5)1(6)7/h5-6,11-14,16,27H,4,7-10H2,1-3H3,(H2,26,34)(H,29,35);(H,6,7). The molecule has 0 radical (unpaired) electrons. The van der Waals surface area contributed by atoms with Gasteiger partial charge < -0.3 is 30.8 Å². The molecule has 5 rings (SSSR count). The largest absolute Gasteiger partial charge is 0.490 e.